The lowest BCUT2D eigenvalue weighted by molar-refractivity contribution is -0.123. The van der Waals surface area contributed by atoms with Crippen LogP contribution >= 0.6 is 0 Å². The molecule has 0 N–H and O–H groups in total. The van der Waals surface area contributed by atoms with Gasteiger partial charge in [0, 0.05) is 11.8 Å². The van der Waals surface area contributed by atoms with E-state index in [1.54, 1.807) is 13.8 Å². The molecule has 0 spiro atoms. The van der Waals surface area contributed by atoms with Gasteiger partial charge in [0.15, 0.2) is 0 Å². The fraction of sp³-hybridized carbons (Fsp3) is 0.857. The summed E-state index contributed by atoms with van der Waals surface area (Å²) in [6.07, 6.45) is 6.53. The quantitative estimate of drug-likeness (QED) is 0.719. The predicted octanol–water partition coefficient (Wildman–Crippen LogP) is 3.00. The van der Waals surface area contributed by atoms with Gasteiger partial charge in [-0.25, -0.2) is 0 Å². The summed E-state index contributed by atoms with van der Waals surface area (Å²) in [5, 5.41) is 0. The molecule has 2 heteroatoms. The number of rotatable bonds is 2. The average molecular weight is 222 g/mol. The zero-order valence-electron chi connectivity index (χ0n) is 10.4. The zero-order chi connectivity index (χ0) is 11.7. The van der Waals surface area contributed by atoms with Crippen LogP contribution in [0.15, 0.2) is 0 Å². The van der Waals surface area contributed by atoms with E-state index in [1.165, 1.54) is 12.8 Å². The molecule has 0 radical (unpaired) electrons. The molecule has 2 saturated carbocycles. The number of hydrogen-bond donors (Lipinski definition) is 0. The second-order valence-electron chi connectivity index (χ2n) is 5.70. The predicted molar refractivity (Wildman–Crippen MR) is 63.0 cm³/mol. The third-order valence-corrected chi connectivity index (χ3v) is 4.73. The molecular formula is C14H22O2. The van der Waals surface area contributed by atoms with Gasteiger partial charge >= 0.3 is 0 Å². The normalized spacial score (nSPS) is 38.9. The molecule has 4 atom stereocenters. The minimum Gasteiger partial charge on any atom is -0.300 e. The molecule has 2 fully saturated rings. The second-order valence-corrected chi connectivity index (χ2v) is 5.70. The minimum atomic E-state index is 0.290. The van der Waals surface area contributed by atoms with Gasteiger partial charge in [-0.1, -0.05) is 6.42 Å². The van der Waals surface area contributed by atoms with Gasteiger partial charge in [0.25, 0.3) is 0 Å². The van der Waals surface area contributed by atoms with E-state index in [-0.39, 0.29) is 11.8 Å². The molecule has 0 aromatic rings. The molecule has 2 nitrogen and oxygen atoms in total. The first-order chi connectivity index (χ1) is 7.59. The molecule has 0 saturated heterocycles. The van der Waals surface area contributed by atoms with Gasteiger partial charge < -0.3 is 0 Å². The maximum absolute atomic E-state index is 11.6. The third-order valence-electron chi connectivity index (χ3n) is 4.73. The van der Waals surface area contributed by atoms with Crippen molar-refractivity contribution >= 4 is 11.6 Å². The van der Waals surface area contributed by atoms with Gasteiger partial charge in [0.2, 0.25) is 0 Å². The SMILES string of the molecule is CC(=O)[C@H]1CCC[C@@H](C(C)=O)[C@@H]2CC[C@H]1C2. The molecule has 2 aliphatic rings. The summed E-state index contributed by atoms with van der Waals surface area (Å²) in [6.45, 7) is 3.48. The van der Waals surface area contributed by atoms with Crippen LogP contribution in [0.2, 0.25) is 0 Å². The maximum atomic E-state index is 11.6. The fourth-order valence-corrected chi connectivity index (χ4v) is 3.88. The van der Waals surface area contributed by atoms with Crippen LogP contribution in [0.1, 0.15) is 52.4 Å². The highest BCUT2D eigenvalue weighted by atomic mass is 16.1. The monoisotopic (exact) mass is 222 g/mol. The van der Waals surface area contributed by atoms with Crippen LogP contribution in [0.25, 0.3) is 0 Å². The Morgan fingerprint density at radius 2 is 1.25 bits per heavy atom. The molecule has 2 rings (SSSR count). The molecule has 16 heavy (non-hydrogen) atoms. The average Bonchev–Trinajstić information content (AvgIpc) is 2.63. The van der Waals surface area contributed by atoms with Crippen LogP contribution in [0.3, 0.4) is 0 Å². The van der Waals surface area contributed by atoms with Crippen LogP contribution in [0.4, 0.5) is 0 Å². The fourth-order valence-electron chi connectivity index (χ4n) is 3.88. The van der Waals surface area contributed by atoms with Gasteiger partial charge in [-0.05, 0) is 57.8 Å². The molecule has 0 amide bonds. The van der Waals surface area contributed by atoms with E-state index < -0.39 is 0 Å². The minimum absolute atomic E-state index is 0.290. The van der Waals surface area contributed by atoms with Crippen molar-refractivity contribution in [3.63, 3.8) is 0 Å². The third kappa shape index (κ3) is 2.21. The van der Waals surface area contributed by atoms with Crippen molar-refractivity contribution in [1.29, 1.82) is 0 Å². The first-order valence-electron chi connectivity index (χ1n) is 6.60. The number of carbonyl (C=O) groups is 2. The number of hydrogen-bond acceptors (Lipinski definition) is 2. The van der Waals surface area contributed by atoms with Crippen molar-refractivity contribution in [2.24, 2.45) is 23.7 Å². The molecular weight excluding hydrogens is 200 g/mol. The van der Waals surface area contributed by atoms with E-state index in [0.717, 1.165) is 25.7 Å². The van der Waals surface area contributed by atoms with Crippen molar-refractivity contribution in [2.75, 3.05) is 0 Å². The van der Waals surface area contributed by atoms with Gasteiger partial charge in [-0.2, -0.15) is 0 Å². The summed E-state index contributed by atoms with van der Waals surface area (Å²) >= 11 is 0. The number of ketones is 2. The molecule has 0 unspecified atom stereocenters. The van der Waals surface area contributed by atoms with Crippen molar-refractivity contribution in [3.8, 4) is 0 Å². The van der Waals surface area contributed by atoms with E-state index in [1.807, 2.05) is 0 Å². The van der Waals surface area contributed by atoms with Gasteiger partial charge in [-0.3, -0.25) is 9.59 Å². The van der Waals surface area contributed by atoms with Crippen LogP contribution < -0.4 is 0 Å². The second kappa shape index (κ2) is 4.68. The Kier molecular flexibility index (Phi) is 3.46. The molecule has 0 aliphatic heterocycles. The standard InChI is InChI=1S/C14H22O2/c1-9(15)13-4-3-5-14(10(2)16)12-7-6-11(13)8-12/h11-14H,3-8H2,1-2H3/t11-,12+,13+,14-. The van der Waals surface area contributed by atoms with Crippen LogP contribution in [0.5, 0.6) is 0 Å². The van der Waals surface area contributed by atoms with E-state index >= 15 is 0 Å². The van der Waals surface area contributed by atoms with E-state index in [0.29, 0.717) is 23.4 Å². The van der Waals surface area contributed by atoms with Gasteiger partial charge in [-0.15, -0.1) is 0 Å². The first-order valence-corrected chi connectivity index (χ1v) is 6.60. The zero-order valence-corrected chi connectivity index (χ0v) is 10.4. The number of Topliss-reactive ketones (excluding diaryl/α,β-unsaturated/α-hetero) is 2. The highest BCUT2D eigenvalue weighted by Crippen LogP contribution is 2.45. The van der Waals surface area contributed by atoms with Crippen LogP contribution in [-0.2, 0) is 9.59 Å². The Morgan fingerprint density at radius 1 is 0.812 bits per heavy atom. The summed E-state index contributed by atoms with van der Waals surface area (Å²) in [4.78, 5) is 23.2. The molecule has 2 bridgehead atoms. The lowest BCUT2D eigenvalue weighted by Crippen LogP contribution is -2.26. The Balaban J connectivity index is 2.10. The molecule has 90 valence electrons. The van der Waals surface area contributed by atoms with Gasteiger partial charge in [0.1, 0.15) is 11.6 Å². The van der Waals surface area contributed by atoms with E-state index in [9.17, 15) is 9.59 Å². The summed E-state index contributed by atoms with van der Waals surface area (Å²) in [5.41, 5.74) is 0. The molecule has 0 aromatic carbocycles. The Bertz CT molecular complexity index is 267. The van der Waals surface area contributed by atoms with Crippen molar-refractivity contribution in [3.05, 3.63) is 0 Å². The molecule has 0 heterocycles. The summed E-state index contributed by atoms with van der Waals surface area (Å²) in [5.74, 6) is 2.46. The van der Waals surface area contributed by atoms with Crippen molar-refractivity contribution < 1.29 is 9.59 Å². The smallest absolute Gasteiger partial charge is 0.133 e. The lowest BCUT2D eigenvalue weighted by atomic mass is 9.76. The Labute approximate surface area is 97.8 Å². The Morgan fingerprint density at radius 3 is 1.62 bits per heavy atom. The summed E-state index contributed by atoms with van der Waals surface area (Å²) in [6, 6.07) is 0. The number of carbonyl (C=O) groups excluding carboxylic acids is 2. The summed E-state index contributed by atoms with van der Waals surface area (Å²) in [7, 11) is 0. The Hall–Kier alpha value is -0.660. The van der Waals surface area contributed by atoms with Crippen molar-refractivity contribution in [1.82, 2.24) is 0 Å². The van der Waals surface area contributed by atoms with E-state index in [4.69, 9.17) is 0 Å². The van der Waals surface area contributed by atoms with Gasteiger partial charge in [0.05, 0.1) is 0 Å². The van der Waals surface area contributed by atoms with E-state index in [2.05, 4.69) is 0 Å². The molecule has 2 aliphatic carbocycles. The number of fused-ring (bicyclic) bond motifs is 2. The topological polar surface area (TPSA) is 34.1 Å². The highest BCUT2D eigenvalue weighted by molar-refractivity contribution is 5.80. The van der Waals surface area contributed by atoms with Crippen molar-refractivity contribution in [2.45, 2.75) is 52.4 Å². The molecule has 0 aromatic heterocycles. The highest BCUT2D eigenvalue weighted by Gasteiger charge is 2.39. The first kappa shape index (κ1) is 11.8. The maximum Gasteiger partial charge on any atom is 0.133 e. The van der Waals surface area contributed by atoms with Crippen LogP contribution in [-0.4, -0.2) is 11.6 Å². The van der Waals surface area contributed by atoms with Crippen LogP contribution in [0, 0.1) is 23.7 Å². The lowest BCUT2D eigenvalue weighted by Gasteiger charge is -2.27. The summed E-state index contributed by atoms with van der Waals surface area (Å²) < 4.78 is 0. The largest absolute Gasteiger partial charge is 0.300 e.